The third kappa shape index (κ3) is 5.08. The number of unbranched alkanes of at least 4 members (excludes halogenated alkanes) is 2. The van der Waals surface area contributed by atoms with E-state index in [9.17, 15) is 9.59 Å². The fourth-order valence-electron chi connectivity index (χ4n) is 3.80. The summed E-state index contributed by atoms with van der Waals surface area (Å²) in [6, 6.07) is 11.8. The van der Waals surface area contributed by atoms with Crippen molar-refractivity contribution in [2.75, 3.05) is 11.9 Å². The standard InChI is InChI=1S/C26H28N4O2S2/c1-4-5-6-13-27-22-20(24(31)29-14-7-8-18(3)23(29)28-22)15-21-25(32)30(26(33)34-21)16-19-11-9-17(2)10-12-19/h7-12,14-15,27H,4-6,13,16H2,1-3H3/b21-15+. The second kappa shape index (κ2) is 10.5. The van der Waals surface area contributed by atoms with E-state index in [1.165, 1.54) is 16.2 Å². The van der Waals surface area contributed by atoms with Gasteiger partial charge in [-0.15, -0.1) is 0 Å². The Hall–Kier alpha value is -2.97. The number of fused-ring (bicyclic) bond motifs is 1. The van der Waals surface area contributed by atoms with Crippen LogP contribution < -0.4 is 10.9 Å². The van der Waals surface area contributed by atoms with Crippen LogP contribution in [0.1, 0.15) is 48.4 Å². The second-order valence-electron chi connectivity index (χ2n) is 8.45. The van der Waals surface area contributed by atoms with Crippen LogP contribution in [0.15, 0.2) is 52.3 Å². The minimum atomic E-state index is -0.213. The summed E-state index contributed by atoms with van der Waals surface area (Å²) in [5, 5.41) is 3.33. The molecular weight excluding hydrogens is 464 g/mol. The molecule has 176 valence electrons. The largest absolute Gasteiger partial charge is 0.369 e. The van der Waals surface area contributed by atoms with Crippen LogP contribution in [0.25, 0.3) is 11.7 Å². The Morgan fingerprint density at radius 3 is 2.62 bits per heavy atom. The average molecular weight is 493 g/mol. The number of anilines is 1. The molecule has 3 heterocycles. The zero-order valence-electron chi connectivity index (χ0n) is 19.6. The highest BCUT2D eigenvalue weighted by Crippen LogP contribution is 2.34. The van der Waals surface area contributed by atoms with E-state index in [1.54, 1.807) is 17.2 Å². The summed E-state index contributed by atoms with van der Waals surface area (Å²) in [6.45, 7) is 7.21. The molecule has 2 aromatic heterocycles. The predicted molar refractivity (Wildman–Crippen MR) is 144 cm³/mol. The van der Waals surface area contributed by atoms with Crippen LogP contribution in [0, 0.1) is 13.8 Å². The third-order valence-electron chi connectivity index (χ3n) is 5.77. The number of carbonyl (C=O) groups is 1. The number of rotatable bonds is 8. The quantitative estimate of drug-likeness (QED) is 0.261. The van der Waals surface area contributed by atoms with Gasteiger partial charge in [0, 0.05) is 12.7 Å². The number of aryl methyl sites for hydroxylation is 2. The third-order valence-corrected chi connectivity index (χ3v) is 7.15. The first kappa shape index (κ1) is 24.2. The number of benzene rings is 1. The molecule has 1 saturated heterocycles. The Morgan fingerprint density at radius 2 is 1.88 bits per heavy atom. The highest BCUT2D eigenvalue weighted by atomic mass is 32.2. The van der Waals surface area contributed by atoms with Crippen molar-refractivity contribution in [3.8, 4) is 0 Å². The van der Waals surface area contributed by atoms with E-state index in [0.29, 0.717) is 39.3 Å². The molecule has 0 bridgehead atoms. The van der Waals surface area contributed by atoms with Crippen molar-refractivity contribution < 1.29 is 4.79 Å². The van der Waals surface area contributed by atoms with Crippen molar-refractivity contribution >= 4 is 51.7 Å². The highest BCUT2D eigenvalue weighted by Gasteiger charge is 2.32. The van der Waals surface area contributed by atoms with Gasteiger partial charge < -0.3 is 5.32 Å². The molecule has 1 fully saturated rings. The van der Waals surface area contributed by atoms with E-state index in [0.717, 1.165) is 36.0 Å². The number of nitrogens with one attached hydrogen (secondary N) is 1. The summed E-state index contributed by atoms with van der Waals surface area (Å²) in [7, 11) is 0. The molecule has 0 radical (unpaired) electrons. The molecule has 0 spiro atoms. The van der Waals surface area contributed by atoms with E-state index >= 15 is 0 Å². The van der Waals surface area contributed by atoms with E-state index in [2.05, 4.69) is 12.2 Å². The van der Waals surface area contributed by atoms with Crippen LogP contribution in [0.4, 0.5) is 5.82 Å². The van der Waals surface area contributed by atoms with Crippen LogP contribution in [-0.2, 0) is 11.3 Å². The molecule has 1 amide bonds. The average Bonchev–Trinajstić information content (AvgIpc) is 3.08. The molecule has 0 unspecified atom stereocenters. The molecule has 6 nitrogen and oxygen atoms in total. The second-order valence-corrected chi connectivity index (χ2v) is 10.1. The monoisotopic (exact) mass is 492 g/mol. The zero-order chi connectivity index (χ0) is 24.2. The minimum Gasteiger partial charge on any atom is -0.369 e. The number of hydrogen-bond acceptors (Lipinski definition) is 6. The lowest BCUT2D eigenvalue weighted by atomic mass is 10.1. The molecule has 0 aliphatic carbocycles. The Balaban J connectivity index is 1.70. The van der Waals surface area contributed by atoms with Crippen molar-refractivity contribution in [3.63, 3.8) is 0 Å². The Bertz CT molecular complexity index is 1330. The molecule has 0 atom stereocenters. The predicted octanol–water partition coefficient (Wildman–Crippen LogP) is 5.31. The van der Waals surface area contributed by atoms with Gasteiger partial charge in [-0.25, -0.2) is 4.98 Å². The van der Waals surface area contributed by atoms with Crippen LogP contribution in [-0.4, -0.2) is 31.1 Å². The van der Waals surface area contributed by atoms with Gasteiger partial charge >= 0.3 is 0 Å². The first-order chi connectivity index (χ1) is 16.4. The first-order valence-electron chi connectivity index (χ1n) is 11.5. The Kier molecular flexibility index (Phi) is 7.48. The van der Waals surface area contributed by atoms with E-state index in [1.807, 2.05) is 50.2 Å². The van der Waals surface area contributed by atoms with Crippen molar-refractivity contribution in [1.29, 1.82) is 0 Å². The van der Waals surface area contributed by atoms with E-state index < -0.39 is 0 Å². The van der Waals surface area contributed by atoms with Crippen LogP contribution in [0.2, 0.25) is 0 Å². The molecule has 0 saturated carbocycles. The van der Waals surface area contributed by atoms with Crippen molar-refractivity contribution in [3.05, 3.63) is 80.1 Å². The van der Waals surface area contributed by atoms with E-state index in [4.69, 9.17) is 17.2 Å². The Labute approximate surface area is 209 Å². The number of amides is 1. The zero-order valence-corrected chi connectivity index (χ0v) is 21.3. The molecule has 1 aromatic carbocycles. The fraction of sp³-hybridized carbons (Fsp3) is 0.308. The summed E-state index contributed by atoms with van der Waals surface area (Å²) < 4.78 is 2.02. The van der Waals surface area contributed by atoms with Crippen LogP contribution in [0.3, 0.4) is 0 Å². The SMILES string of the molecule is CCCCCNc1nc2c(C)cccn2c(=O)c1/C=C1/SC(=S)N(Cc2ccc(C)cc2)C1=O. The van der Waals surface area contributed by atoms with Gasteiger partial charge in [-0.05, 0) is 43.5 Å². The number of pyridine rings is 1. The van der Waals surface area contributed by atoms with Gasteiger partial charge in [-0.1, -0.05) is 79.6 Å². The summed E-state index contributed by atoms with van der Waals surface area (Å²) in [5.41, 5.74) is 3.84. The maximum Gasteiger partial charge on any atom is 0.267 e. The van der Waals surface area contributed by atoms with Gasteiger partial charge in [0.15, 0.2) is 0 Å². The molecule has 1 aliphatic rings. The minimum absolute atomic E-state index is 0.193. The molecule has 4 rings (SSSR count). The normalized spacial score (nSPS) is 15.0. The van der Waals surface area contributed by atoms with Crippen molar-refractivity contribution in [2.24, 2.45) is 0 Å². The molecule has 8 heteroatoms. The molecule has 34 heavy (non-hydrogen) atoms. The van der Waals surface area contributed by atoms with Gasteiger partial charge in [0.1, 0.15) is 15.8 Å². The molecule has 1 N–H and O–H groups in total. The Morgan fingerprint density at radius 1 is 1.12 bits per heavy atom. The molecule has 3 aromatic rings. The number of nitrogens with zero attached hydrogens (tertiary/aromatic N) is 3. The number of thioether (sulfide) groups is 1. The fourth-order valence-corrected chi connectivity index (χ4v) is 5.04. The number of carbonyl (C=O) groups excluding carboxylic acids is 1. The van der Waals surface area contributed by atoms with Crippen molar-refractivity contribution in [2.45, 2.75) is 46.6 Å². The molecular formula is C26H28N4O2S2. The maximum atomic E-state index is 13.4. The lowest BCUT2D eigenvalue weighted by Crippen LogP contribution is -2.27. The van der Waals surface area contributed by atoms with Crippen molar-refractivity contribution in [1.82, 2.24) is 14.3 Å². The number of aromatic nitrogens is 2. The van der Waals surface area contributed by atoms with E-state index in [-0.39, 0.29) is 11.5 Å². The lowest BCUT2D eigenvalue weighted by Gasteiger charge is -2.14. The van der Waals surface area contributed by atoms with Crippen LogP contribution >= 0.6 is 24.0 Å². The van der Waals surface area contributed by atoms with Gasteiger partial charge in [0.25, 0.3) is 11.5 Å². The summed E-state index contributed by atoms with van der Waals surface area (Å²) in [5.74, 6) is 0.306. The summed E-state index contributed by atoms with van der Waals surface area (Å²) >= 11 is 6.73. The maximum absolute atomic E-state index is 13.4. The molecule has 1 aliphatic heterocycles. The summed E-state index contributed by atoms with van der Waals surface area (Å²) in [6.07, 6.45) is 6.51. The van der Waals surface area contributed by atoms with Gasteiger partial charge in [0.2, 0.25) is 0 Å². The van der Waals surface area contributed by atoms with Gasteiger partial charge in [0.05, 0.1) is 17.0 Å². The summed E-state index contributed by atoms with van der Waals surface area (Å²) in [4.78, 5) is 33.4. The van der Waals surface area contributed by atoms with Gasteiger partial charge in [-0.2, -0.15) is 0 Å². The topological polar surface area (TPSA) is 66.7 Å². The number of hydrogen-bond donors (Lipinski definition) is 1. The van der Waals surface area contributed by atoms with Crippen LogP contribution in [0.5, 0.6) is 0 Å². The highest BCUT2D eigenvalue weighted by molar-refractivity contribution is 8.26. The smallest absolute Gasteiger partial charge is 0.267 e. The first-order valence-corrected chi connectivity index (χ1v) is 12.7. The van der Waals surface area contributed by atoms with Gasteiger partial charge in [-0.3, -0.25) is 18.9 Å². The number of thiocarbonyl (C=S) groups is 1. The lowest BCUT2D eigenvalue weighted by molar-refractivity contribution is -0.122.